The molecule has 100 valence electrons. The number of phenols is 1. The Labute approximate surface area is 102 Å². The van der Waals surface area contributed by atoms with Crippen molar-refractivity contribution < 1.29 is 28.5 Å². The molecule has 0 amide bonds. The number of benzene rings is 1. The van der Waals surface area contributed by atoms with Crippen LogP contribution < -0.4 is 10.5 Å². The van der Waals surface area contributed by atoms with Crippen molar-refractivity contribution in [3.63, 3.8) is 0 Å². The monoisotopic (exact) mass is 261 g/mol. The zero-order valence-corrected chi connectivity index (χ0v) is 9.56. The van der Waals surface area contributed by atoms with Crippen LogP contribution in [-0.4, -0.2) is 29.8 Å². The van der Waals surface area contributed by atoms with Crippen molar-refractivity contribution in [2.24, 2.45) is 5.73 Å². The number of nitrogens with two attached hydrogens (primary N) is 1. The van der Waals surface area contributed by atoms with E-state index in [0.29, 0.717) is 0 Å². The number of phenolic OH excluding ortho intramolecular Hbond substituents is 1. The summed E-state index contributed by atoms with van der Waals surface area (Å²) in [4.78, 5) is 10.9. The SMILES string of the molecule is COc1cc(C(F)F)c(O)c(C(CN)C(=O)O)c1. The van der Waals surface area contributed by atoms with Gasteiger partial charge in [0.1, 0.15) is 11.5 Å². The summed E-state index contributed by atoms with van der Waals surface area (Å²) in [5.74, 6) is -3.29. The standard InChI is InChI=1S/C11H13F2NO4/c1-18-5-2-6(8(4-14)11(16)17)9(15)7(3-5)10(12)13/h2-3,8,10,15H,4,14H2,1H3,(H,16,17). The number of carboxylic acid groups (broad SMARTS) is 1. The number of carboxylic acids is 1. The van der Waals surface area contributed by atoms with Crippen LogP contribution in [0.5, 0.6) is 11.5 Å². The lowest BCUT2D eigenvalue weighted by molar-refractivity contribution is -0.138. The minimum Gasteiger partial charge on any atom is -0.507 e. The second-order valence-electron chi connectivity index (χ2n) is 3.58. The van der Waals surface area contributed by atoms with Crippen LogP contribution in [0.3, 0.4) is 0 Å². The van der Waals surface area contributed by atoms with Crippen molar-refractivity contribution >= 4 is 5.97 Å². The number of carbonyl (C=O) groups is 1. The highest BCUT2D eigenvalue weighted by Crippen LogP contribution is 2.38. The number of aliphatic carboxylic acids is 1. The lowest BCUT2D eigenvalue weighted by Crippen LogP contribution is -2.21. The van der Waals surface area contributed by atoms with Gasteiger partial charge in [-0.1, -0.05) is 0 Å². The summed E-state index contributed by atoms with van der Waals surface area (Å²) in [5.41, 5.74) is 4.41. The molecule has 4 N–H and O–H groups in total. The predicted molar refractivity (Wildman–Crippen MR) is 59.0 cm³/mol. The fraction of sp³-hybridized carbons (Fsp3) is 0.364. The highest BCUT2D eigenvalue weighted by atomic mass is 19.3. The Morgan fingerprint density at radius 1 is 1.44 bits per heavy atom. The number of halogens is 2. The van der Waals surface area contributed by atoms with Gasteiger partial charge in [-0.05, 0) is 12.1 Å². The first kappa shape index (κ1) is 14.2. The Morgan fingerprint density at radius 2 is 2.00 bits per heavy atom. The van der Waals surface area contributed by atoms with Gasteiger partial charge in [-0.2, -0.15) is 0 Å². The summed E-state index contributed by atoms with van der Waals surface area (Å²) >= 11 is 0. The molecular weight excluding hydrogens is 248 g/mol. The number of aromatic hydroxyl groups is 1. The lowest BCUT2D eigenvalue weighted by atomic mass is 9.95. The summed E-state index contributed by atoms with van der Waals surface area (Å²) < 4.78 is 30.2. The Bertz CT molecular complexity index is 451. The Hall–Kier alpha value is -1.89. The van der Waals surface area contributed by atoms with Crippen LogP contribution in [0, 0.1) is 0 Å². The van der Waals surface area contributed by atoms with E-state index in [-0.39, 0.29) is 17.9 Å². The van der Waals surface area contributed by atoms with E-state index in [9.17, 15) is 18.7 Å². The maximum Gasteiger partial charge on any atom is 0.312 e. The molecule has 1 unspecified atom stereocenters. The molecule has 0 saturated heterocycles. The van der Waals surface area contributed by atoms with Crippen molar-refractivity contribution in [3.8, 4) is 11.5 Å². The summed E-state index contributed by atoms with van der Waals surface area (Å²) in [5, 5.41) is 18.6. The first-order valence-electron chi connectivity index (χ1n) is 5.04. The molecule has 1 aromatic rings. The largest absolute Gasteiger partial charge is 0.507 e. The molecule has 5 nitrogen and oxygen atoms in total. The Balaban J connectivity index is 3.41. The molecule has 0 saturated carbocycles. The van der Waals surface area contributed by atoms with Gasteiger partial charge < -0.3 is 20.7 Å². The quantitative estimate of drug-likeness (QED) is 0.746. The molecule has 0 aliphatic carbocycles. The van der Waals surface area contributed by atoms with Crippen LogP contribution >= 0.6 is 0 Å². The molecule has 18 heavy (non-hydrogen) atoms. The summed E-state index contributed by atoms with van der Waals surface area (Å²) in [6.07, 6.45) is -2.94. The molecule has 0 fully saturated rings. The van der Waals surface area contributed by atoms with Gasteiger partial charge in [0.05, 0.1) is 18.6 Å². The van der Waals surface area contributed by atoms with Crippen LogP contribution in [0.15, 0.2) is 12.1 Å². The zero-order valence-electron chi connectivity index (χ0n) is 9.56. The van der Waals surface area contributed by atoms with Gasteiger partial charge >= 0.3 is 5.97 Å². The molecule has 7 heteroatoms. The number of ether oxygens (including phenoxy) is 1. The minimum atomic E-state index is -2.94. The van der Waals surface area contributed by atoms with Crippen LogP contribution in [0.25, 0.3) is 0 Å². The molecule has 0 aromatic heterocycles. The van der Waals surface area contributed by atoms with Crippen LogP contribution in [0.1, 0.15) is 23.5 Å². The number of hydrogen-bond donors (Lipinski definition) is 3. The lowest BCUT2D eigenvalue weighted by Gasteiger charge is -2.16. The zero-order chi connectivity index (χ0) is 13.9. The van der Waals surface area contributed by atoms with Crippen molar-refractivity contribution in [1.29, 1.82) is 0 Å². The van der Waals surface area contributed by atoms with E-state index in [4.69, 9.17) is 15.6 Å². The van der Waals surface area contributed by atoms with Crippen molar-refractivity contribution in [1.82, 2.24) is 0 Å². The molecule has 1 rings (SSSR count). The number of rotatable bonds is 5. The molecule has 0 aliphatic rings. The summed E-state index contributed by atoms with van der Waals surface area (Å²) in [6, 6.07) is 2.14. The molecule has 1 aromatic carbocycles. The minimum absolute atomic E-state index is 0.0396. The molecular formula is C11H13F2NO4. The maximum absolute atomic E-state index is 12.7. The molecule has 0 aliphatic heterocycles. The first-order valence-corrected chi connectivity index (χ1v) is 5.04. The smallest absolute Gasteiger partial charge is 0.312 e. The van der Waals surface area contributed by atoms with Gasteiger partial charge in [0, 0.05) is 12.1 Å². The second-order valence-corrected chi connectivity index (χ2v) is 3.58. The van der Waals surface area contributed by atoms with Gasteiger partial charge in [-0.25, -0.2) is 8.78 Å². The van der Waals surface area contributed by atoms with E-state index in [1.54, 1.807) is 0 Å². The molecule has 0 spiro atoms. The van der Waals surface area contributed by atoms with Gasteiger partial charge in [0.15, 0.2) is 0 Å². The van der Waals surface area contributed by atoms with Gasteiger partial charge in [0.25, 0.3) is 6.43 Å². The van der Waals surface area contributed by atoms with Crippen molar-refractivity contribution in [2.45, 2.75) is 12.3 Å². The van der Waals surface area contributed by atoms with Crippen molar-refractivity contribution in [3.05, 3.63) is 23.3 Å². The number of methoxy groups -OCH3 is 1. The van der Waals surface area contributed by atoms with Gasteiger partial charge in [0.2, 0.25) is 0 Å². The van der Waals surface area contributed by atoms with E-state index < -0.39 is 29.6 Å². The average molecular weight is 261 g/mol. The van der Waals surface area contributed by atoms with E-state index in [1.165, 1.54) is 13.2 Å². The average Bonchev–Trinajstić information content (AvgIpc) is 2.31. The highest BCUT2D eigenvalue weighted by Gasteiger charge is 2.26. The number of alkyl halides is 2. The molecule has 0 radical (unpaired) electrons. The van der Waals surface area contributed by atoms with Crippen LogP contribution in [0.2, 0.25) is 0 Å². The number of hydrogen-bond acceptors (Lipinski definition) is 4. The maximum atomic E-state index is 12.7. The molecule has 0 heterocycles. The third kappa shape index (κ3) is 2.67. The summed E-state index contributed by atoms with van der Waals surface area (Å²) in [6.45, 7) is -0.321. The fourth-order valence-corrected chi connectivity index (χ4v) is 1.56. The predicted octanol–water partition coefficient (Wildman–Crippen LogP) is 1.47. The third-order valence-electron chi connectivity index (χ3n) is 2.52. The summed E-state index contributed by atoms with van der Waals surface area (Å²) in [7, 11) is 1.25. The van der Waals surface area contributed by atoms with E-state index >= 15 is 0 Å². The first-order chi connectivity index (χ1) is 8.42. The van der Waals surface area contributed by atoms with Gasteiger partial charge in [-0.15, -0.1) is 0 Å². The van der Waals surface area contributed by atoms with Crippen LogP contribution in [-0.2, 0) is 4.79 Å². The topological polar surface area (TPSA) is 92.8 Å². The third-order valence-corrected chi connectivity index (χ3v) is 2.52. The molecule has 1 atom stereocenters. The Morgan fingerprint density at radius 3 is 2.39 bits per heavy atom. The van der Waals surface area contributed by atoms with E-state index in [1.807, 2.05) is 0 Å². The van der Waals surface area contributed by atoms with Crippen LogP contribution in [0.4, 0.5) is 8.78 Å². The Kier molecular flexibility index (Phi) is 4.43. The normalized spacial score (nSPS) is 12.5. The fourth-order valence-electron chi connectivity index (χ4n) is 1.56. The van der Waals surface area contributed by atoms with Gasteiger partial charge in [-0.3, -0.25) is 4.79 Å². The van der Waals surface area contributed by atoms with Crippen molar-refractivity contribution in [2.75, 3.05) is 13.7 Å². The van der Waals surface area contributed by atoms with E-state index in [0.717, 1.165) is 6.07 Å². The molecule has 0 bridgehead atoms. The second kappa shape index (κ2) is 5.63. The van der Waals surface area contributed by atoms with E-state index in [2.05, 4.69) is 0 Å². The highest BCUT2D eigenvalue weighted by molar-refractivity contribution is 5.78.